The van der Waals surface area contributed by atoms with E-state index in [9.17, 15) is 19.2 Å². The zero-order valence-electron chi connectivity index (χ0n) is 20.2. The fourth-order valence-electron chi connectivity index (χ4n) is 4.12. The minimum atomic E-state index is -1.05. The highest BCUT2D eigenvalue weighted by Crippen LogP contribution is 2.17. The second-order valence-electron chi connectivity index (χ2n) is 8.40. The van der Waals surface area contributed by atoms with E-state index in [0.717, 1.165) is 5.56 Å². The number of aromatic nitrogens is 3. The lowest BCUT2D eigenvalue weighted by Gasteiger charge is -2.41. The van der Waals surface area contributed by atoms with Crippen LogP contribution in [0, 0.1) is 0 Å². The molecule has 0 saturated carbocycles. The summed E-state index contributed by atoms with van der Waals surface area (Å²) in [6.07, 6.45) is 9.32. The van der Waals surface area contributed by atoms with Gasteiger partial charge in [-0.2, -0.15) is 0 Å². The molecule has 3 aromatic heterocycles. The zero-order valence-corrected chi connectivity index (χ0v) is 20.2. The van der Waals surface area contributed by atoms with Gasteiger partial charge in [-0.25, -0.2) is 4.79 Å². The number of nitrogens with one attached hydrogen (secondary N) is 1. The van der Waals surface area contributed by atoms with Gasteiger partial charge in [-0.3, -0.25) is 29.3 Å². The van der Waals surface area contributed by atoms with Crippen molar-refractivity contribution in [3.8, 4) is 0 Å². The number of rotatable bonds is 7. The molecule has 11 nitrogen and oxygen atoms in total. The van der Waals surface area contributed by atoms with Crippen molar-refractivity contribution in [2.24, 2.45) is 0 Å². The standard InChI is InChI=1S/C26H26N6O5/c1-37-26(36)21(13-18-5-2-8-27-14-18)30-23(33)22-17-31(24(34)19-6-3-9-28-15-19)11-12-32(22)25(35)20-7-4-10-29-16-20/h2-10,14-16,21-22H,11-13,17H2,1H3,(H,30,33). The quantitative estimate of drug-likeness (QED) is 0.468. The minimum Gasteiger partial charge on any atom is -0.467 e. The third-order valence-electron chi connectivity index (χ3n) is 6.01. The molecule has 1 N–H and O–H groups in total. The third-order valence-corrected chi connectivity index (χ3v) is 6.01. The Bertz CT molecular complexity index is 1240. The van der Waals surface area contributed by atoms with Crippen LogP contribution in [0.15, 0.2) is 73.6 Å². The zero-order chi connectivity index (χ0) is 26.2. The van der Waals surface area contributed by atoms with E-state index in [0.29, 0.717) is 11.1 Å². The Labute approximate surface area is 213 Å². The molecule has 2 unspecified atom stereocenters. The topological polar surface area (TPSA) is 135 Å². The summed E-state index contributed by atoms with van der Waals surface area (Å²) in [5, 5.41) is 2.72. The number of nitrogens with zero attached hydrogens (tertiary/aromatic N) is 5. The van der Waals surface area contributed by atoms with Crippen LogP contribution >= 0.6 is 0 Å². The van der Waals surface area contributed by atoms with Crippen molar-refractivity contribution in [3.05, 3.63) is 90.3 Å². The average Bonchev–Trinajstić information content (AvgIpc) is 2.96. The van der Waals surface area contributed by atoms with Crippen LogP contribution in [0.5, 0.6) is 0 Å². The van der Waals surface area contributed by atoms with Crippen LogP contribution in [0.3, 0.4) is 0 Å². The Morgan fingerprint density at radius 3 is 2.11 bits per heavy atom. The van der Waals surface area contributed by atoms with E-state index in [-0.39, 0.29) is 32.0 Å². The van der Waals surface area contributed by atoms with Gasteiger partial charge in [0.05, 0.1) is 24.8 Å². The first kappa shape index (κ1) is 25.4. The second-order valence-corrected chi connectivity index (χ2v) is 8.40. The number of methoxy groups -OCH3 is 1. The maximum atomic E-state index is 13.6. The lowest BCUT2D eigenvalue weighted by atomic mass is 10.0. The fraction of sp³-hybridized carbons (Fsp3) is 0.269. The molecule has 1 saturated heterocycles. The van der Waals surface area contributed by atoms with Gasteiger partial charge in [-0.15, -0.1) is 0 Å². The van der Waals surface area contributed by atoms with Gasteiger partial charge < -0.3 is 19.9 Å². The number of carbonyl (C=O) groups is 4. The molecule has 0 aliphatic carbocycles. The SMILES string of the molecule is COC(=O)C(Cc1cccnc1)NC(=O)C1CN(C(=O)c2cccnc2)CCN1C(=O)c1cccnc1. The predicted octanol–water partition coefficient (Wildman–Crippen LogP) is 0.739. The molecule has 0 bridgehead atoms. The molecule has 0 aromatic carbocycles. The van der Waals surface area contributed by atoms with Gasteiger partial charge in [0.25, 0.3) is 11.8 Å². The maximum Gasteiger partial charge on any atom is 0.328 e. The number of esters is 1. The second kappa shape index (κ2) is 11.8. The Hall–Kier alpha value is -4.67. The predicted molar refractivity (Wildman–Crippen MR) is 131 cm³/mol. The summed E-state index contributed by atoms with van der Waals surface area (Å²) in [7, 11) is 1.23. The Balaban J connectivity index is 1.59. The van der Waals surface area contributed by atoms with Crippen molar-refractivity contribution >= 4 is 23.7 Å². The average molecular weight is 503 g/mol. The van der Waals surface area contributed by atoms with Gasteiger partial charge in [-0.1, -0.05) is 6.07 Å². The number of hydrogen-bond donors (Lipinski definition) is 1. The molecule has 3 aromatic rings. The van der Waals surface area contributed by atoms with Gasteiger partial charge in [0.2, 0.25) is 5.91 Å². The Morgan fingerprint density at radius 2 is 1.54 bits per heavy atom. The molecule has 37 heavy (non-hydrogen) atoms. The highest BCUT2D eigenvalue weighted by molar-refractivity contribution is 5.99. The number of piperazine rings is 1. The molecular formula is C26H26N6O5. The van der Waals surface area contributed by atoms with Crippen molar-refractivity contribution in [2.75, 3.05) is 26.7 Å². The maximum absolute atomic E-state index is 13.6. The van der Waals surface area contributed by atoms with Crippen molar-refractivity contribution in [2.45, 2.75) is 18.5 Å². The first-order valence-electron chi connectivity index (χ1n) is 11.7. The Morgan fingerprint density at radius 1 is 0.919 bits per heavy atom. The molecule has 2 atom stereocenters. The summed E-state index contributed by atoms with van der Waals surface area (Å²) in [5.74, 6) is -1.93. The van der Waals surface area contributed by atoms with E-state index in [4.69, 9.17) is 4.74 Å². The summed E-state index contributed by atoms with van der Waals surface area (Å²) in [5.41, 5.74) is 1.41. The summed E-state index contributed by atoms with van der Waals surface area (Å²) < 4.78 is 4.90. The number of carbonyl (C=O) groups excluding carboxylic acids is 4. The number of ether oxygens (including phenoxy) is 1. The van der Waals surface area contributed by atoms with E-state index < -0.39 is 29.9 Å². The van der Waals surface area contributed by atoms with Gasteiger partial charge in [0.1, 0.15) is 12.1 Å². The monoisotopic (exact) mass is 502 g/mol. The minimum absolute atomic E-state index is 0.0631. The lowest BCUT2D eigenvalue weighted by molar-refractivity contribution is -0.145. The molecule has 1 aliphatic heterocycles. The number of pyridine rings is 3. The van der Waals surface area contributed by atoms with Crippen LogP contribution in [0.25, 0.3) is 0 Å². The van der Waals surface area contributed by atoms with E-state index >= 15 is 0 Å². The lowest BCUT2D eigenvalue weighted by Crippen LogP contribution is -2.63. The first-order chi connectivity index (χ1) is 18.0. The van der Waals surface area contributed by atoms with E-state index in [1.807, 2.05) is 0 Å². The van der Waals surface area contributed by atoms with Gasteiger partial charge in [0.15, 0.2) is 0 Å². The largest absolute Gasteiger partial charge is 0.467 e. The van der Waals surface area contributed by atoms with Crippen LogP contribution in [-0.4, -0.2) is 87.3 Å². The first-order valence-corrected chi connectivity index (χ1v) is 11.7. The molecule has 0 spiro atoms. The van der Waals surface area contributed by atoms with Gasteiger partial charge in [-0.05, 0) is 35.9 Å². The fourth-order valence-corrected chi connectivity index (χ4v) is 4.12. The summed E-state index contributed by atoms with van der Waals surface area (Å²) >= 11 is 0. The molecule has 1 aliphatic rings. The van der Waals surface area contributed by atoms with Crippen molar-refractivity contribution in [1.29, 1.82) is 0 Å². The molecule has 1 fully saturated rings. The van der Waals surface area contributed by atoms with Crippen LogP contribution < -0.4 is 5.32 Å². The van der Waals surface area contributed by atoms with Crippen molar-refractivity contribution in [1.82, 2.24) is 30.1 Å². The summed E-state index contributed by atoms with van der Waals surface area (Å²) in [6, 6.07) is 7.97. The molecule has 3 amide bonds. The molecule has 11 heteroatoms. The molecule has 190 valence electrons. The molecular weight excluding hydrogens is 476 g/mol. The molecule has 4 rings (SSSR count). The van der Waals surface area contributed by atoms with Crippen LogP contribution in [0.4, 0.5) is 0 Å². The smallest absolute Gasteiger partial charge is 0.328 e. The van der Waals surface area contributed by atoms with Crippen LogP contribution in [0.1, 0.15) is 26.3 Å². The van der Waals surface area contributed by atoms with Crippen molar-refractivity contribution in [3.63, 3.8) is 0 Å². The van der Waals surface area contributed by atoms with Crippen LogP contribution in [-0.2, 0) is 20.7 Å². The van der Waals surface area contributed by atoms with E-state index in [1.165, 1.54) is 29.3 Å². The number of amides is 3. The van der Waals surface area contributed by atoms with E-state index in [2.05, 4.69) is 20.3 Å². The molecule has 0 radical (unpaired) electrons. The summed E-state index contributed by atoms with van der Waals surface area (Å²) in [4.78, 5) is 67.4. The summed E-state index contributed by atoms with van der Waals surface area (Å²) in [6.45, 7) is 0.273. The highest BCUT2D eigenvalue weighted by Gasteiger charge is 2.39. The van der Waals surface area contributed by atoms with Gasteiger partial charge >= 0.3 is 5.97 Å². The molecule has 4 heterocycles. The number of hydrogen-bond acceptors (Lipinski definition) is 8. The third kappa shape index (κ3) is 6.13. The van der Waals surface area contributed by atoms with Gasteiger partial charge in [0, 0.05) is 56.7 Å². The highest BCUT2D eigenvalue weighted by atomic mass is 16.5. The Kier molecular flexibility index (Phi) is 8.14. The van der Waals surface area contributed by atoms with Crippen molar-refractivity contribution < 1.29 is 23.9 Å². The normalized spacial score (nSPS) is 16.0. The van der Waals surface area contributed by atoms with Crippen LogP contribution in [0.2, 0.25) is 0 Å². The van der Waals surface area contributed by atoms with E-state index in [1.54, 1.807) is 61.2 Å².